The second kappa shape index (κ2) is 10.2. The van der Waals surface area contributed by atoms with Gasteiger partial charge in [-0.1, -0.05) is 19.1 Å². The van der Waals surface area contributed by atoms with Gasteiger partial charge in [-0.05, 0) is 55.7 Å². The standard InChI is InChI=1S/C21H26N2O4/c1-4-11-22-21(25)23-17-6-5-7-19(14-17)27-20(24)10-12-26-18-9-8-15(2)16(3)13-18/h5-9,13-14H,4,10-12H2,1-3H3,(H2,22,23,25). The number of aryl methyl sites for hydroxylation is 2. The van der Waals surface area contributed by atoms with Gasteiger partial charge in [0, 0.05) is 18.3 Å². The van der Waals surface area contributed by atoms with Crippen LogP contribution in [0.3, 0.4) is 0 Å². The van der Waals surface area contributed by atoms with Crippen molar-refractivity contribution < 1.29 is 19.1 Å². The van der Waals surface area contributed by atoms with Gasteiger partial charge in [0.05, 0.1) is 13.0 Å². The molecule has 0 atom stereocenters. The lowest BCUT2D eigenvalue weighted by molar-refractivity contribution is -0.134. The number of hydrogen-bond donors (Lipinski definition) is 2. The van der Waals surface area contributed by atoms with Crippen molar-refractivity contribution in [2.24, 2.45) is 0 Å². The van der Waals surface area contributed by atoms with Gasteiger partial charge in [-0.25, -0.2) is 4.79 Å². The van der Waals surface area contributed by atoms with E-state index >= 15 is 0 Å². The average molecular weight is 370 g/mol. The predicted molar refractivity (Wildman–Crippen MR) is 105 cm³/mol. The Hall–Kier alpha value is -3.02. The molecule has 0 unspecified atom stereocenters. The molecule has 2 rings (SSSR count). The molecule has 2 aromatic rings. The minimum absolute atomic E-state index is 0.127. The van der Waals surface area contributed by atoms with E-state index in [1.807, 2.05) is 39.0 Å². The molecule has 0 aliphatic carbocycles. The molecule has 6 heteroatoms. The van der Waals surface area contributed by atoms with E-state index in [1.54, 1.807) is 24.3 Å². The third-order valence-electron chi connectivity index (χ3n) is 3.91. The Morgan fingerprint density at radius 1 is 1.00 bits per heavy atom. The fraction of sp³-hybridized carbons (Fsp3) is 0.333. The highest BCUT2D eigenvalue weighted by molar-refractivity contribution is 5.89. The summed E-state index contributed by atoms with van der Waals surface area (Å²) in [6, 6.07) is 12.2. The van der Waals surface area contributed by atoms with Crippen molar-refractivity contribution >= 4 is 17.7 Å². The largest absolute Gasteiger partial charge is 0.493 e. The van der Waals surface area contributed by atoms with Crippen molar-refractivity contribution in [1.29, 1.82) is 0 Å². The maximum atomic E-state index is 12.0. The van der Waals surface area contributed by atoms with Crippen LogP contribution in [0.25, 0.3) is 0 Å². The van der Waals surface area contributed by atoms with Crippen LogP contribution in [0, 0.1) is 13.8 Å². The van der Waals surface area contributed by atoms with E-state index in [4.69, 9.17) is 9.47 Å². The second-order valence-corrected chi connectivity index (χ2v) is 6.23. The molecule has 0 bridgehead atoms. The number of carbonyl (C=O) groups is 2. The number of rotatable bonds is 8. The zero-order chi connectivity index (χ0) is 19.6. The van der Waals surface area contributed by atoms with Gasteiger partial charge in [0.1, 0.15) is 11.5 Å². The van der Waals surface area contributed by atoms with Crippen molar-refractivity contribution in [2.75, 3.05) is 18.5 Å². The molecule has 0 fully saturated rings. The van der Waals surface area contributed by atoms with Crippen LogP contribution in [0.1, 0.15) is 30.9 Å². The lowest BCUT2D eigenvalue weighted by atomic mass is 10.1. The summed E-state index contributed by atoms with van der Waals surface area (Å²) in [5.41, 5.74) is 2.89. The summed E-state index contributed by atoms with van der Waals surface area (Å²) in [6.45, 7) is 6.86. The highest BCUT2D eigenvalue weighted by atomic mass is 16.5. The minimum atomic E-state index is -0.397. The molecule has 0 heterocycles. The molecule has 2 amide bonds. The first-order chi connectivity index (χ1) is 13.0. The molecule has 0 aliphatic heterocycles. The van der Waals surface area contributed by atoms with Crippen molar-refractivity contribution in [3.63, 3.8) is 0 Å². The second-order valence-electron chi connectivity index (χ2n) is 6.23. The molecule has 0 radical (unpaired) electrons. The van der Waals surface area contributed by atoms with Crippen LogP contribution in [0.15, 0.2) is 42.5 Å². The molecule has 0 aromatic heterocycles. The number of benzene rings is 2. The molecule has 2 N–H and O–H groups in total. The third kappa shape index (κ3) is 7.01. The molecule has 2 aromatic carbocycles. The Morgan fingerprint density at radius 2 is 1.81 bits per heavy atom. The Balaban J connectivity index is 1.80. The summed E-state index contributed by atoms with van der Waals surface area (Å²) in [4.78, 5) is 23.7. The molecular formula is C21H26N2O4. The van der Waals surface area contributed by atoms with Gasteiger partial charge < -0.3 is 20.1 Å². The zero-order valence-corrected chi connectivity index (χ0v) is 16.0. The predicted octanol–water partition coefficient (Wildman–Crippen LogP) is 4.21. The van der Waals surface area contributed by atoms with E-state index < -0.39 is 5.97 Å². The van der Waals surface area contributed by atoms with Gasteiger partial charge in [0.2, 0.25) is 0 Å². The van der Waals surface area contributed by atoms with E-state index in [0.717, 1.165) is 17.7 Å². The lowest BCUT2D eigenvalue weighted by Gasteiger charge is -2.10. The Kier molecular flexibility index (Phi) is 7.67. The molecule has 0 saturated carbocycles. The molecule has 0 saturated heterocycles. The minimum Gasteiger partial charge on any atom is -0.493 e. The van der Waals surface area contributed by atoms with Gasteiger partial charge >= 0.3 is 12.0 Å². The fourth-order valence-corrected chi connectivity index (χ4v) is 2.29. The van der Waals surface area contributed by atoms with E-state index in [1.165, 1.54) is 5.56 Å². The topological polar surface area (TPSA) is 76.7 Å². The highest BCUT2D eigenvalue weighted by Gasteiger charge is 2.08. The molecule has 144 valence electrons. The number of urea groups is 1. The molecule has 0 aliphatic rings. The Bertz CT molecular complexity index is 790. The van der Waals surface area contributed by atoms with Crippen molar-refractivity contribution in [1.82, 2.24) is 5.32 Å². The van der Waals surface area contributed by atoms with E-state index in [9.17, 15) is 9.59 Å². The number of carbonyl (C=O) groups excluding carboxylic acids is 2. The van der Waals surface area contributed by atoms with Crippen molar-refractivity contribution in [3.8, 4) is 11.5 Å². The molecule has 6 nitrogen and oxygen atoms in total. The zero-order valence-electron chi connectivity index (χ0n) is 16.0. The number of nitrogens with one attached hydrogen (secondary N) is 2. The van der Waals surface area contributed by atoms with Gasteiger partial charge in [-0.2, -0.15) is 0 Å². The van der Waals surface area contributed by atoms with Crippen LogP contribution in [0.2, 0.25) is 0 Å². The molecule has 0 spiro atoms. The average Bonchev–Trinajstić information content (AvgIpc) is 2.63. The summed E-state index contributed by atoms with van der Waals surface area (Å²) in [6.07, 6.45) is 0.983. The Labute approximate surface area is 159 Å². The molecular weight excluding hydrogens is 344 g/mol. The number of amides is 2. The van der Waals surface area contributed by atoms with E-state index in [0.29, 0.717) is 18.0 Å². The van der Waals surface area contributed by atoms with Crippen LogP contribution in [0.4, 0.5) is 10.5 Å². The van der Waals surface area contributed by atoms with Crippen LogP contribution in [-0.4, -0.2) is 25.2 Å². The maximum absolute atomic E-state index is 12.0. The van der Waals surface area contributed by atoms with E-state index in [-0.39, 0.29) is 19.1 Å². The van der Waals surface area contributed by atoms with Gasteiger partial charge in [-0.15, -0.1) is 0 Å². The van der Waals surface area contributed by atoms with Crippen molar-refractivity contribution in [3.05, 3.63) is 53.6 Å². The molecule has 27 heavy (non-hydrogen) atoms. The summed E-state index contributed by atoms with van der Waals surface area (Å²) in [5.74, 6) is 0.709. The maximum Gasteiger partial charge on any atom is 0.319 e. The quantitative estimate of drug-likeness (QED) is 0.539. The van der Waals surface area contributed by atoms with Crippen LogP contribution in [-0.2, 0) is 4.79 Å². The monoisotopic (exact) mass is 370 g/mol. The van der Waals surface area contributed by atoms with E-state index in [2.05, 4.69) is 10.6 Å². The highest BCUT2D eigenvalue weighted by Crippen LogP contribution is 2.19. The summed E-state index contributed by atoms with van der Waals surface area (Å²) in [5, 5.41) is 5.42. The normalized spacial score (nSPS) is 10.2. The summed E-state index contributed by atoms with van der Waals surface area (Å²) < 4.78 is 10.9. The number of anilines is 1. The van der Waals surface area contributed by atoms with Crippen LogP contribution >= 0.6 is 0 Å². The fourth-order valence-electron chi connectivity index (χ4n) is 2.29. The van der Waals surface area contributed by atoms with Crippen LogP contribution < -0.4 is 20.1 Å². The first-order valence-corrected chi connectivity index (χ1v) is 9.03. The number of hydrogen-bond acceptors (Lipinski definition) is 4. The van der Waals surface area contributed by atoms with Gasteiger partial charge in [-0.3, -0.25) is 4.79 Å². The number of esters is 1. The van der Waals surface area contributed by atoms with Crippen molar-refractivity contribution in [2.45, 2.75) is 33.6 Å². The SMILES string of the molecule is CCCNC(=O)Nc1cccc(OC(=O)CCOc2ccc(C)c(C)c2)c1. The Morgan fingerprint density at radius 3 is 2.56 bits per heavy atom. The first kappa shape index (κ1) is 20.3. The number of ether oxygens (including phenoxy) is 2. The smallest absolute Gasteiger partial charge is 0.319 e. The van der Waals surface area contributed by atoms with Crippen LogP contribution in [0.5, 0.6) is 11.5 Å². The third-order valence-corrected chi connectivity index (χ3v) is 3.91. The summed E-state index contributed by atoms with van der Waals surface area (Å²) >= 11 is 0. The van der Waals surface area contributed by atoms with Gasteiger partial charge in [0.15, 0.2) is 0 Å². The lowest BCUT2D eigenvalue weighted by Crippen LogP contribution is -2.29. The van der Waals surface area contributed by atoms with Gasteiger partial charge in [0.25, 0.3) is 0 Å². The summed E-state index contributed by atoms with van der Waals surface area (Å²) in [7, 11) is 0. The first-order valence-electron chi connectivity index (χ1n) is 9.03.